The quantitative estimate of drug-likeness (QED) is 0.218. The Morgan fingerprint density at radius 2 is 1.25 bits per heavy atom. The van der Waals surface area contributed by atoms with E-state index in [0.717, 1.165) is 24.2 Å². The zero-order valence-corrected chi connectivity index (χ0v) is 21.0. The Hall–Kier alpha value is -1.74. The molecular formula is C29H46N2O. The van der Waals surface area contributed by atoms with Crippen LogP contribution in [0.15, 0.2) is 36.7 Å². The molecule has 0 radical (unpaired) electrons. The van der Waals surface area contributed by atoms with Crippen molar-refractivity contribution < 1.29 is 4.74 Å². The predicted molar refractivity (Wildman–Crippen MR) is 137 cm³/mol. The Kier molecular flexibility index (Phi) is 13.9. The number of aryl methyl sites for hydroxylation is 1. The van der Waals surface area contributed by atoms with Gasteiger partial charge < -0.3 is 4.74 Å². The van der Waals surface area contributed by atoms with Crippen LogP contribution in [-0.4, -0.2) is 16.1 Å². The van der Waals surface area contributed by atoms with Gasteiger partial charge in [0, 0.05) is 18.0 Å². The molecule has 0 aliphatic rings. The summed E-state index contributed by atoms with van der Waals surface area (Å²) in [5, 5.41) is 0. The highest BCUT2D eigenvalue weighted by Crippen LogP contribution is 2.18. The maximum absolute atomic E-state index is 6.02. The molecule has 0 saturated carbocycles. The molecule has 0 spiro atoms. The molecule has 1 atom stereocenters. The monoisotopic (exact) mass is 438 g/mol. The third-order valence-electron chi connectivity index (χ3n) is 6.24. The Bertz CT molecular complexity index is 696. The summed E-state index contributed by atoms with van der Waals surface area (Å²) < 4.78 is 6.02. The molecule has 32 heavy (non-hydrogen) atoms. The minimum absolute atomic E-state index is 0.323. The first-order valence-corrected chi connectivity index (χ1v) is 13.2. The first-order chi connectivity index (χ1) is 15.7. The average Bonchev–Trinajstić information content (AvgIpc) is 2.83. The molecule has 3 nitrogen and oxygen atoms in total. The number of aromatic nitrogens is 2. The van der Waals surface area contributed by atoms with Crippen LogP contribution in [0.1, 0.15) is 115 Å². The smallest absolute Gasteiger partial charge is 0.159 e. The first-order valence-electron chi connectivity index (χ1n) is 13.2. The van der Waals surface area contributed by atoms with Crippen molar-refractivity contribution in [3.8, 4) is 11.4 Å². The van der Waals surface area contributed by atoms with Crippen molar-refractivity contribution in [1.82, 2.24) is 9.97 Å². The van der Waals surface area contributed by atoms with Crippen LogP contribution >= 0.6 is 0 Å². The fraction of sp³-hybridized carbons (Fsp3) is 0.655. The van der Waals surface area contributed by atoms with E-state index in [0.29, 0.717) is 12.7 Å². The second-order valence-electron chi connectivity index (χ2n) is 9.31. The van der Waals surface area contributed by atoms with Crippen molar-refractivity contribution in [2.75, 3.05) is 0 Å². The lowest BCUT2D eigenvalue weighted by Gasteiger charge is -2.13. The highest BCUT2D eigenvalue weighted by atomic mass is 16.5. The summed E-state index contributed by atoms with van der Waals surface area (Å²) in [5.74, 6) is 0.807. The van der Waals surface area contributed by atoms with Crippen LogP contribution in [-0.2, 0) is 17.8 Å². The molecule has 3 heteroatoms. The summed E-state index contributed by atoms with van der Waals surface area (Å²) in [6.45, 7) is 7.38. The summed E-state index contributed by atoms with van der Waals surface area (Å²) >= 11 is 0. The van der Waals surface area contributed by atoms with Gasteiger partial charge in [-0.3, -0.25) is 0 Å². The van der Waals surface area contributed by atoms with E-state index in [1.165, 1.54) is 88.2 Å². The SMILES string of the molecule is CCCCCCCCCCc1cnc(-c2ccc(COC(C)CCCCCC)cc2)nc1. The van der Waals surface area contributed by atoms with Gasteiger partial charge in [-0.05, 0) is 37.3 Å². The third-order valence-corrected chi connectivity index (χ3v) is 6.24. The minimum atomic E-state index is 0.323. The van der Waals surface area contributed by atoms with Gasteiger partial charge in [-0.2, -0.15) is 0 Å². The minimum Gasteiger partial charge on any atom is -0.374 e. The second-order valence-corrected chi connectivity index (χ2v) is 9.31. The molecular weight excluding hydrogens is 392 g/mol. The molecule has 0 aliphatic carbocycles. The highest BCUT2D eigenvalue weighted by molar-refractivity contribution is 5.55. The normalized spacial score (nSPS) is 12.2. The van der Waals surface area contributed by atoms with Gasteiger partial charge in [0.2, 0.25) is 0 Å². The van der Waals surface area contributed by atoms with Gasteiger partial charge >= 0.3 is 0 Å². The molecule has 0 bridgehead atoms. The zero-order chi connectivity index (χ0) is 22.9. The van der Waals surface area contributed by atoms with Crippen molar-refractivity contribution >= 4 is 0 Å². The number of hydrogen-bond donors (Lipinski definition) is 0. The van der Waals surface area contributed by atoms with Crippen molar-refractivity contribution in [3.63, 3.8) is 0 Å². The van der Waals surface area contributed by atoms with Gasteiger partial charge in [0.25, 0.3) is 0 Å². The van der Waals surface area contributed by atoms with Crippen LogP contribution in [0.4, 0.5) is 0 Å². The van der Waals surface area contributed by atoms with Gasteiger partial charge in [0.1, 0.15) is 0 Å². The Labute approximate surface area is 197 Å². The molecule has 0 N–H and O–H groups in total. The van der Waals surface area contributed by atoms with E-state index in [-0.39, 0.29) is 0 Å². The van der Waals surface area contributed by atoms with E-state index < -0.39 is 0 Å². The number of hydrogen-bond acceptors (Lipinski definition) is 3. The molecule has 0 saturated heterocycles. The van der Waals surface area contributed by atoms with Crippen LogP contribution in [0, 0.1) is 0 Å². The fourth-order valence-electron chi connectivity index (χ4n) is 4.03. The Morgan fingerprint density at radius 1 is 0.688 bits per heavy atom. The number of rotatable bonds is 18. The lowest BCUT2D eigenvalue weighted by molar-refractivity contribution is 0.0459. The molecule has 178 valence electrons. The molecule has 1 aromatic heterocycles. The number of ether oxygens (including phenoxy) is 1. The summed E-state index contributed by atoms with van der Waals surface area (Å²) in [7, 11) is 0. The third kappa shape index (κ3) is 11.2. The zero-order valence-electron chi connectivity index (χ0n) is 21.0. The molecule has 0 fully saturated rings. The van der Waals surface area contributed by atoms with Gasteiger partial charge in [-0.15, -0.1) is 0 Å². The predicted octanol–water partition coefficient (Wildman–Crippen LogP) is 8.70. The van der Waals surface area contributed by atoms with E-state index in [1.807, 2.05) is 12.4 Å². The molecule has 1 unspecified atom stereocenters. The summed E-state index contributed by atoms with van der Waals surface area (Å²) in [4.78, 5) is 9.22. The van der Waals surface area contributed by atoms with Crippen molar-refractivity contribution in [2.45, 2.75) is 123 Å². The van der Waals surface area contributed by atoms with E-state index >= 15 is 0 Å². The van der Waals surface area contributed by atoms with Gasteiger partial charge in [-0.25, -0.2) is 9.97 Å². The molecule has 1 heterocycles. The van der Waals surface area contributed by atoms with Crippen LogP contribution in [0.3, 0.4) is 0 Å². The molecule has 0 aliphatic heterocycles. The number of unbranched alkanes of at least 4 members (excludes halogenated alkanes) is 10. The lowest BCUT2D eigenvalue weighted by Crippen LogP contribution is -2.08. The molecule has 2 aromatic rings. The number of nitrogens with zero attached hydrogens (tertiary/aromatic N) is 2. The summed E-state index contributed by atoms with van der Waals surface area (Å²) in [5.41, 5.74) is 3.53. The molecule has 1 aromatic carbocycles. The maximum Gasteiger partial charge on any atom is 0.159 e. The van der Waals surface area contributed by atoms with Crippen LogP contribution in [0.5, 0.6) is 0 Å². The van der Waals surface area contributed by atoms with E-state index in [1.54, 1.807) is 0 Å². The van der Waals surface area contributed by atoms with Crippen molar-refractivity contribution in [1.29, 1.82) is 0 Å². The van der Waals surface area contributed by atoms with Gasteiger partial charge in [0.05, 0.1) is 12.7 Å². The Balaban J connectivity index is 1.67. The highest BCUT2D eigenvalue weighted by Gasteiger charge is 2.05. The van der Waals surface area contributed by atoms with Crippen LogP contribution < -0.4 is 0 Å². The van der Waals surface area contributed by atoms with E-state index in [9.17, 15) is 0 Å². The largest absolute Gasteiger partial charge is 0.374 e. The van der Waals surface area contributed by atoms with E-state index in [4.69, 9.17) is 4.74 Å². The van der Waals surface area contributed by atoms with Crippen molar-refractivity contribution in [3.05, 3.63) is 47.8 Å². The Morgan fingerprint density at radius 3 is 1.88 bits per heavy atom. The van der Waals surface area contributed by atoms with Gasteiger partial charge in [-0.1, -0.05) is 109 Å². The topological polar surface area (TPSA) is 35.0 Å². The average molecular weight is 439 g/mol. The van der Waals surface area contributed by atoms with E-state index in [2.05, 4.69) is 55.0 Å². The van der Waals surface area contributed by atoms with Crippen molar-refractivity contribution in [2.24, 2.45) is 0 Å². The fourth-order valence-corrected chi connectivity index (χ4v) is 4.03. The summed E-state index contributed by atoms with van der Waals surface area (Å²) in [6, 6.07) is 8.49. The molecule has 2 rings (SSSR count). The number of benzene rings is 1. The van der Waals surface area contributed by atoms with Crippen LogP contribution in [0.2, 0.25) is 0 Å². The molecule has 0 amide bonds. The second kappa shape index (κ2) is 16.8. The summed E-state index contributed by atoms with van der Waals surface area (Å²) in [6.07, 6.45) is 22.6. The maximum atomic E-state index is 6.02. The standard InChI is InChI=1S/C29H46N2O/c1-4-6-8-10-11-12-13-15-17-27-22-30-29(31-23-27)28-20-18-26(19-21-28)24-32-25(3)16-14-9-7-5-2/h18-23,25H,4-17,24H2,1-3H3. The van der Waals surface area contributed by atoms with Crippen LogP contribution in [0.25, 0.3) is 11.4 Å². The van der Waals surface area contributed by atoms with Gasteiger partial charge in [0.15, 0.2) is 5.82 Å². The first kappa shape index (κ1) is 26.5. The lowest BCUT2D eigenvalue weighted by atomic mass is 10.1.